The van der Waals surface area contributed by atoms with Crippen molar-refractivity contribution in [3.63, 3.8) is 0 Å². The molecule has 0 unspecified atom stereocenters. The molecule has 1 spiro atoms. The Labute approximate surface area is 162 Å². The van der Waals surface area contributed by atoms with E-state index in [1.54, 1.807) is 0 Å². The van der Waals surface area contributed by atoms with E-state index in [1.165, 1.54) is 19.3 Å². The first-order valence-corrected chi connectivity index (χ1v) is 10.8. The fourth-order valence-electron chi connectivity index (χ4n) is 5.30. The predicted octanol–water partition coefficient (Wildman–Crippen LogP) is 2.28. The van der Waals surface area contributed by atoms with Gasteiger partial charge in [-0.2, -0.15) is 0 Å². The van der Waals surface area contributed by atoms with Gasteiger partial charge in [0.05, 0.1) is 12.4 Å². The van der Waals surface area contributed by atoms with E-state index in [2.05, 4.69) is 19.4 Å². The van der Waals surface area contributed by atoms with Crippen molar-refractivity contribution >= 4 is 5.91 Å². The van der Waals surface area contributed by atoms with E-state index in [0.29, 0.717) is 17.4 Å². The van der Waals surface area contributed by atoms with Crippen molar-refractivity contribution in [1.29, 1.82) is 0 Å². The maximum atomic E-state index is 12.6. The predicted molar refractivity (Wildman–Crippen MR) is 104 cm³/mol. The summed E-state index contributed by atoms with van der Waals surface area (Å²) in [5.74, 6) is 0.352. The number of hydrogen-bond donors (Lipinski definition) is 1. The number of carbonyl (C=O) groups excluding carboxylic acids is 1. The maximum Gasteiger partial charge on any atom is 0.222 e. The number of aliphatic hydroxyl groups is 1. The summed E-state index contributed by atoms with van der Waals surface area (Å²) in [5.41, 5.74) is 0.338. The van der Waals surface area contributed by atoms with Crippen LogP contribution in [0.3, 0.4) is 0 Å². The van der Waals surface area contributed by atoms with Crippen LogP contribution in [0.5, 0.6) is 0 Å². The first-order chi connectivity index (χ1) is 13.1. The molecule has 6 heteroatoms. The summed E-state index contributed by atoms with van der Waals surface area (Å²) in [6.45, 7) is 5.47. The number of likely N-dealkylation sites (tertiary alicyclic amines) is 2. The minimum absolute atomic E-state index is 0.152. The molecule has 2 saturated heterocycles. The first-order valence-electron chi connectivity index (χ1n) is 10.8. The van der Waals surface area contributed by atoms with Crippen LogP contribution in [-0.4, -0.2) is 68.7 Å². The molecule has 6 nitrogen and oxygen atoms in total. The van der Waals surface area contributed by atoms with Gasteiger partial charge in [0.25, 0.3) is 0 Å². The average Bonchev–Trinajstić information content (AvgIpc) is 3.20. The smallest absolute Gasteiger partial charge is 0.222 e. The fourth-order valence-corrected chi connectivity index (χ4v) is 5.30. The Morgan fingerprint density at radius 1 is 1.11 bits per heavy atom. The van der Waals surface area contributed by atoms with Gasteiger partial charge < -0.3 is 19.5 Å². The summed E-state index contributed by atoms with van der Waals surface area (Å²) in [5, 5.41) is 9.78. The third-order valence-electron chi connectivity index (χ3n) is 7.17. The lowest BCUT2D eigenvalue weighted by atomic mass is 9.71. The van der Waals surface area contributed by atoms with Crippen LogP contribution in [0.4, 0.5) is 0 Å². The molecule has 4 rings (SSSR count). The minimum Gasteiger partial charge on any atom is -0.393 e. The zero-order chi connectivity index (χ0) is 18.7. The zero-order valence-corrected chi connectivity index (χ0v) is 16.4. The van der Waals surface area contributed by atoms with E-state index in [4.69, 9.17) is 0 Å². The Morgan fingerprint density at radius 2 is 1.89 bits per heavy atom. The number of carbonyl (C=O) groups is 1. The molecule has 3 heterocycles. The van der Waals surface area contributed by atoms with Crippen LogP contribution >= 0.6 is 0 Å². The van der Waals surface area contributed by atoms with Crippen molar-refractivity contribution in [2.45, 2.75) is 76.5 Å². The lowest BCUT2D eigenvalue weighted by molar-refractivity contribution is -0.143. The second-order valence-electron chi connectivity index (χ2n) is 8.98. The van der Waals surface area contributed by atoms with E-state index in [0.717, 1.165) is 71.2 Å². The highest BCUT2D eigenvalue weighted by Gasteiger charge is 2.43. The Kier molecular flexibility index (Phi) is 5.83. The summed E-state index contributed by atoms with van der Waals surface area (Å²) >= 11 is 0. The van der Waals surface area contributed by atoms with Crippen LogP contribution in [0.15, 0.2) is 18.7 Å². The van der Waals surface area contributed by atoms with E-state index >= 15 is 0 Å². The third-order valence-corrected chi connectivity index (χ3v) is 7.17. The van der Waals surface area contributed by atoms with Crippen LogP contribution in [0.25, 0.3) is 0 Å². The molecule has 27 heavy (non-hydrogen) atoms. The molecule has 150 valence electrons. The van der Waals surface area contributed by atoms with Gasteiger partial charge in [-0.3, -0.25) is 4.79 Å². The molecule has 1 N–H and O–H groups in total. The van der Waals surface area contributed by atoms with Gasteiger partial charge in [0.2, 0.25) is 5.91 Å². The highest BCUT2D eigenvalue weighted by molar-refractivity contribution is 5.77. The molecule has 1 aromatic heterocycles. The largest absolute Gasteiger partial charge is 0.393 e. The quantitative estimate of drug-likeness (QED) is 0.859. The number of aryl methyl sites for hydroxylation is 1. The topological polar surface area (TPSA) is 61.6 Å². The van der Waals surface area contributed by atoms with Crippen molar-refractivity contribution < 1.29 is 9.90 Å². The summed E-state index contributed by atoms with van der Waals surface area (Å²) in [6.07, 6.45) is 14.7. The van der Waals surface area contributed by atoms with E-state index in [9.17, 15) is 9.90 Å². The molecule has 0 radical (unpaired) electrons. The standard InChI is InChI=1S/C21H34N4O2/c26-19-4-2-18(3-5-19)25-16-21(7-6-20(25)27)8-13-23(14-9-21)11-1-12-24-15-10-22-17-24/h10,15,17-19,26H,1-9,11-14,16H2. The number of hydrogen-bond acceptors (Lipinski definition) is 4. The lowest BCUT2D eigenvalue weighted by Crippen LogP contribution is -2.55. The highest BCUT2D eigenvalue weighted by Crippen LogP contribution is 2.42. The van der Waals surface area contributed by atoms with Gasteiger partial charge in [-0.05, 0) is 76.4 Å². The molecular weight excluding hydrogens is 340 g/mol. The van der Waals surface area contributed by atoms with Crippen molar-refractivity contribution in [2.24, 2.45) is 5.41 Å². The molecule has 0 aromatic carbocycles. The molecule has 1 amide bonds. The number of imidazole rings is 1. The van der Waals surface area contributed by atoms with Crippen molar-refractivity contribution in [2.75, 3.05) is 26.2 Å². The molecular formula is C21H34N4O2. The number of amides is 1. The van der Waals surface area contributed by atoms with Gasteiger partial charge >= 0.3 is 0 Å². The van der Waals surface area contributed by atoms with Gasteiger partial charge in [-0.15, -0.1) is 0 Å². The number of piperidine rings is 2. The molecule has 3 aliphatic rings. The monoisotopic (exact) mass is 374 g/mol. The minimum atomic E-state index is -0.152. The van der Waals surface area contributed by atoms with Crippen LogP contribution in [0.2, 0.25) is 0 Å². The molecule has 1 aliphatic carbocycles. The first kappa shape index (κ1) is 18.9. The van der Waals surface area contributed by atoms with Crippen molar-refractivity contribution in [3.8, 4) is 0 Å². The van der Waals surface area contributed by atoms with Gasteiger partial charge in [0.15, 0.2) is 0 Å². The van der Waals surface area contributed by atoms with Crippen molar-refractivity contribution in [3.05, 3.63) is 18.7 Å². The second kappa shape index (κ2) is 8.31. The molecule has 1 aromatic rings. The Bertz CT molecular complexity index is 602. The normalized spacial score (nSPS) is 29.4. The lowest BCUT2D eigenvalue weighted by Gasteiger charge is -2.50. The molecule has 1 saturated carbocycles. The SMILES string of the molecule is O=C1CCC2(CCN(CCCn3ccnc3)CC2)CN1C1CCC(O)CC1. The summed E-state index contributed by atoms with van der Waals surface area (Å²) in [4.78, 5) is 21.5. The molecule has 0 bridgehead atoms. The van der Waals surface area contributed by atoms with Gasteiger partial charge in [0.1, 0.15) is 0 Å². The van der Waals surface area contributed by atoms with E-state index < -0.39 is 0 Å². The Morgan fingerprint density at radius 3 is 2.59 bits per heavy atom. The summed E-state index contributed by atoms with van der Waals surface area (Å²) in [6, 6.07) is 0.367. The molecule has 2 aliphatic heterocycles. The summed E-state index contributed by atoms with van der Waals surface area (Å²) in [7, 11) is 0. The summed E-state index contributed by atoms with van der Waals surface area (Å²) < 4.78 is 2.15. The number of aliphatic hydroxyl groups excluding tert-OH is 1. The van der Waals surface area contributed by atoms with Crippen LogP contribution in [0, 0.1) is 5.41 Å². The van der Waals surface area contributed by atoms with Crippen LogP contribution < -0.4 is 0 Å². The number of rotatable bonds is 5. The van der Waals surface area contributed by atoms with Gasteiger partial charge in [0, 0.05) is 37.9 Å². The number of nitrogens with zero attached hydrogens (tertiary/aromatic N) is 4. The average molecular weight is 375 g/mol. The molecule has 0 atom stereocenters. The second-order valence-corrected chi connectivity index (χ2v) is 8.98. The highest BCUT2D eigenvalue weighted by atomic mass is 16.3. The third kappa shape index (κ3) is 4.54. The Hall–Kier alpha value is -1.40. The van der Waals surface area contributed by atoms with Crippen molar-refractivity contribution in [1.82, 2.24) is 19.4 Å². The molecule has 3 fully saturated rings. The van der Waals surface area contributed by atoms with Crippen LogP contribution in [-0.2, 0) is 11.3 Å². The van der Waals surface area contributed by atoms with Gasteiger partial charge in [-0.25, -0.2) is 4.98 Å². The van der Waals surface area contributed by atoms with E-state index in [1.807, 2.05) is 18.7 Å². The van der Waals surface area contributed by atoms with Gasteiger partial charge in [-0.1, -0.05) is 0 Å². The maximum absolute atomic E-state index is 12.6. The number of aromatic nitrogens is 2. The van der Waals surface area contributed by atoms with E-state index in [-0.39, 0.29) is 6.10 Å². The van der Waals surface area contributed by atoms with Crippen LogP contribution in [0.1, 0.15) is 57.8 Å². The zero-order valence-electron chi connectivity index (χ0n) is 16.4. The Balaban J connectivity index is 1.26. The fraction of sp³-hybridized carbons (Fsp3) is 0.810.